The molecule has 0 amide bonds. The lowest BCUT2D eigenvalue weighted by atomic mass is 10.1. The number of nitrogens with one attached hydrogen (secondary N) is 3. The Balaban J connectivity index is 1.62. The van der Waals surface area contributed by atoms with E-state index in [0.717, 1.165) is 32.0 Å². The maximum atomic E-state index is 4.66. The number of aromatic amines is 1. The minimum Gasteiger partial charge on any atom is -0.358 e. The minimum atomic E-state index is 0.721. The third kappa shape index (κ3) is 3.97. The van der Waals surface area contributed by atoms with Crippen LogP contribution in [-0.4, -0.2) is 24.0 Å². The Kier molecular flexibility index (Phi) is 5.54. The Hall–Kier alpha value is -2.27. The Morgan fingerprint density at radius 2 is 2.04 bits per heavy atom. The Labute approximate surface area is 147 Å². The van der Waals surface area contributed by atoms with Crippen molar-refractivity contribution in [3.05, 3.63) is 57.9 Å². The van der Waals surface area contributed by atoms with Gasteiger partial charge in [0.2, 0.25) is 0 Å². The number of H-pyrrole nitrogens is 1. The number of thiophene rings is 1. The van der Waals surface area contributed by atoms with E-state index in [1.807, 2.05) is 0 Å². The summed E-state index contributed by atoms with van der Waals surface area (Å²) >= 11 is 1.74. The number of benzene rings is 1. The fraction of sp³-hybridized carbons (Fsp3) is 0.316. The highest BCUT2D eigenvalue weighted by Gasteiger charge is 2.07. The standard InChI is InChI=1S/C19H24N4S/c1-3-20-19(22-13-15-7-6-12-24-15)21-11-10-16-14(2)23-18-9-5-4-8-17(16)18/h4-9,12,23H,3,10-11,13H2,1-2H3,(H2,20,21,22). The third-order valence-corrected chi connectivity index (χ3v) is 4.87. The predicted octanol–water partition coefficient (Wildman–Crippen LogP) is 3.84. The van der Waals surface area contributed by atoms with E-state index in [4.69, 9.17) is 0 Å². The van der Waals surface area contributed by atoms with E-state index in [2.05, 4.69) is 76.2 Å². The molecule has 0 saturated carbocycles. The number of para-hydroxylation sites is 1. The van der Waals surface area contributed by atoms with Gasteiger partial charge in [0.05, 0.1) is 6.54 Å². The molecule has 2 aromatic heterocycles. The zero-order valence-electron chi connectivity index (χ0n) is 14.2. The molecular weight excluding hydrogens is 316 g/mol. The van der Waals surface area contributed by atoms with Gasteiger partial charge in [0, 0.05) is 34.6 Å². The first-order chi connectivity index (χ1) is 11.8. The van der Waals surface area contributed by atoms with Gasteiger partial charge in [0.25, 0.3) is 0 Å². The molecule has 126 valence electrons. The van der Waals surface area contributed by atoms with E-state index in [1.165, 1.54) is 27.0 Å². The average Bonchev–Trinajstić information content (AvgIpc) is 3.20. The van der Waals surface area contributed by atoms with Crippen molar-refractivity contribution in [1.82, 2.24) is 15.6 Å². The molecule has 0 aliphatic rings. The highest BCUT2D eigenvalue weighted by molar-refractivity contribution is 7.09. The lowest BCUT2D eigenvalue weighted by Crippen LogP contribution is -2.38. The summed E-state index contributed by atoms with van der Waals surface area (Å²) in [5, 5.41) is 10.2. The molecule has 24 heavy (non-hydrogen) atoms. The number of fused-ring (bicyclic) bond motifs is 1. The van der Waals surface area contributed by atoms with Crippen molar-refractivity contribution in [2.75, 3.05) is 13.1 Å². The molecule has 4 nitrogen and oxygen atoms in total. The number of nitrogens with zero attached hydrogens (tertiary/aromatic N) is 1. The Morgan fingerprint density at radius 3 is 2.83 bits per heavy atom. The molecule has 0 aliphatic heterocycles. The average molecular weight is 340 g/mol. The van der Waals surface area contributed by atoms with Crippen LogP contribution < -0.4 is 10.6 Å². The number of aromatic nitrogens is 1. The van der Waals surface area contributed by atoms with Crippen LogP contribution in [0.2, 0.25) is 0 Å². The van der Waals surface area contributed by atoms with Crippen molar-refractivity contribution in [3.63, 3.8) is 0 Å². The highest BCUT2D eigenvalue weighted by atomic mass is 32.1. The predicted molar refractivity (Wildman–Crippen MR) is 104 cm³/mol. The maximum Gasteiger partial charge on any atom is 0.191 e. The van der Waals surface area contributed by atoms with Gasteiger partial charge in [-0.05, 0) is 43.3 Å². The molecule has 0 spiro atoms. The molecule has 0 fully saturated rings. The van der Waals surface area contributed by atoms with Crippen LogP contribution in [-0.2, 0) is 13.0 Å². The number of aryl methyl sites for hydroxylation is 1. The van der Waals surface area contributed by atoms with Crippen LogP contribution in [0, 0.1) is 6.92 Å². The fourth-order valence-corrected chi connectivity index (χ4v) is 3.49. The molecule has 5 heteroatoms. The summed E-state index contributed by atoms with van der Waals surface area (Å²) in [5.74, 6) is 0.878. The highest BCUT2D eigenvalue weighted by Crippen LogP contribution is 2.21. The topological polar surface area (TPSA) is 52.2 Å². The van der Waals surface area contributed by atoms with Gasteiger partial charge in [0.15, 0.2) is 5.96 Å². The molecule has 0 aliphatic carbocycles. The van der Waals surface area contributed by atoms with Crippen molar-refractivity contribution in [2.24, 2.45) is 4.99 Å². The monoisotopic (exact) mass is 340 g/mol. The first kappa shape index (κ1) is 16.6. The second kappa shape index (κ2) is 8.02. The van der Waals surface area contributed by atoms with Crippen LogP contribution in [0.5, 0.6) is 0 Å². The van der Waals surface area contributed by atoms with Gasteiger partial charge in [-0.2, -0.15) is 0 Å². The molecule has 0 saturated heterocycles. The molecule has 1 aromatic carbocycles. The lowest BCUT2D eigenvalue weighted by molar-refractivity contribution is 0.800. The lowest BCUT2D eigenvalue weighted by Gasteiger charge is -2.11. The number of guanidine groups is 1. The zero-order chi connectivity index (χ0) is 16.8. The summed E-state index contributed by atoms with van der Waals surface area (Å²) in [4.78, 5) is 9.40. The smallest absolute Gasteiger partial charge is 0.191 e. The van der Waals surface area contributed by atoms with Gasteiger partial charge in [-0.15, -0.1) is 11.3 Å². The van der Waals surface area contributed by atoms with Crippen LogP contribution in [0.15, 0.2) is 46.8 Å². The molecule has 2 heterocycles. The van der Waals surface area contributed by atoms with E-state index < -0.39 is 0 Å². The molecule has 0 unspecified atom stereocenters. The number of hydrogen-bond donors (Lipinski definition) is 3. The summed E-state index contributed by atoms with van der Waals surface area (Å²) in [6, 6.07) is 12.7. The second-order valence-electron chi connectivity index (χ2n) is 5.73. The Morgan fingerprint density at radius 1 is 1.17 bits per heavy atom. The summed E-state index contributed by atoms with van der Waals surface area (Å²) in [7, 11) is 0. The largest absolute Gasteiger partial charge is 0.358 e. The van der Waals surface area contributed by atoms with Crippen LogP contribution in [0.1, 0.15) is 23.1 Å². The van der Waals surface area contributed by atoms with E-state index >= 15 is 0 Å². The zero-order valence-corrected chi connectivity index (χ0v) is 15.0. The normalized spacial score (nSPS) is 11.8. The first-order valence-electron chi connectivity index (χ1n) is 8.38. The van der Waals surface area contributed by atoms with E-state index in [0.29, 0.717) is 0 Å². The van der Waals surface area contributed by atoms with Crippen LogP contribution in [0.3, 0.4) is 0 Å². The summed E-state index contributed by atoms with van der Waals surface area (Å²) in [6.45, 7) is 6.68. The quantitative estimate of drug-likeness (QED) is 0.472. The summed E-state index contributed by atoms with van der Waals surface area (Å²) in [6.07, 6.45) is 0.971. The van der Waals surface area contributed by atoms with Crippen LogP contribution >= 0.6 is 11.3 Å². The van der Waals surface area contributed by atoms with E-state index in [1.54, 1.807) is 11.3 Å². The van der Waals surface area contributed by atoms with Gasteiger partial charge in [0.1, 0.15) is 0 Å². The number of aliphatic imine (C=N–C) groups is 1. The van der Waals surface area contributed by atoms with Crippen molar-refractivity contribution < 1.29 is 0 Å². The second-order valence-corrected chi connectivity index (χ2v) is 6.76. The molecule has 3 rings (SSSR count). The van der Waals surface area contributed by atoms with Gasteiger partial charge < -0.3 is 15.6 Å². The third-order valence-electron chi connectivity index (χ3n) is 4.01. The molecule has 0 radical (unpaired) electrons. The van der Waals surface area contributed by atoms with Gasteiger partial charge in [-0.3, -0.25) is 0 Å². The van der Waals surface area contributed by atoms with Crippen molar-refractivity contribution in [2.45, 2.75) is 26.8 Å². The van der Waals surface area contributed by atoms with Crippen LogP contribution in [0.25, 0.3) is 10.9 Å². The number of hydrogen-bond acceptors (Lipinski definition) is 2. The summed E-state index contributed by atoms with van der Waals surface area (Å²) < 4.78 is 0. The fourth-order valence-electron chi connectivity index (χ4n) is 2.86. The van der Waals surface area contributed by atoms with E-state index in [9.17, 15) is 0 Å². The molecule has 3 N–H and O–H groups in total. The van der Waals surface area contributed by atoms with Crippen molar-refractivity contribution >= 4 is 28.2 Å². The van der Waals surface area contributed by atoms with Gasteiger partial charge >= 0.3 is 0 Å². The maximum absolute atomic E-state index is 4.66. The molecule has 3 aromatic rings. The molecule has 0 bridgehead atoms. The van der Waals surface area contributed by atoms with Gasteiger partial charge in [-0.25, -0.2) is 4.99 Å². The molecular formula is C19H24N4S. The summed E-state index contributed by atoms with van der Waals surface area (Å²) in [5.41, 5.74) is 3.84. The molecule has 0 atom stereocenters. The van der Waals surface area contributed by atoms with Crippen molar-refractivity contribution in [1.29, 1.82) is 0 Å². The van der Waals surface area contributed by atoms with Crippen molar-refractivity contribution in [3.8, 4) is 0 Å². The van der Waals surface area contributed by atoms with Gasteiger partial charge in [-0.1, -0.05) is 24.3 Å². The van der Waals surface area contributed by atoms with Crippen LogP contribution in [0.4, 0.5) is 0 Å². The van der Waals surface area contributed by atoms with E-state index in [-0.39, 0.29) is 0 Å². The number of rotatable bonds is 6. The first-order valence-corrected chi connectivity index (χ1v) is 9.26. The SMILES string of the molecule is CCNC(=NCc1cccs1)NCCc1c(C)[nH]c2ccccc12. The minimum absolute atomic E-state index is 0.721. The Bertz CT molecular complexity index is 802.